The van der Waals surface area contributed by atoms with Gasteiger partial charge in [0.1, 0.15) is 11.5 Å². The van der Waals surface area contributed by atoms with Crippen LogP contribution in [0.3, 0.4) is 0 Å². The number of ether oxygens (including phenoxy) is 1. The van der Waals surface area contributed by atoms with Crippen LogP contribution < -0.4 is 5.32 Å². The van der Waals surface area contributed by atoms with Gasteiger partial charge in [0.2, 0.25) is 0 Å². The Bertz CT molecular complexity index is 765. The molecule has 2 heterocycles. The van der Waals surface area contributed by atoms with Crippen molar-refractivity contribution in [2.24, 2.45) is 0 Å². The number of hydrogen-bond acceptors (Lipinski definition) is 6. The van der Waals surface area contributed by atoms with Gasteiger partial charge >= 0.3 is 11.9 Å². The fourth-order valence-corrected chi connectivity index (χ4v) is 2.93. The van der Waals surface area contributed by atoms with Crippen molar-refractivity contribution in [3.05, 3.63) is 34.5 Å². The van der Waals surface area contributed by atoms with Gasteiger partial charge in [-0.3, -0.25) is 14.3 Å². The molecule has 0 radical (unpaired) electrons. The summed E-state index contributed by atoms with van der Waals surface area (Å²) in [5.41, 5.74) is 0.516. The summed E-state index contributed by atoms with van der Waals surface area (Å²) in [4.78, 5) is 35.9. The Kier molecular flexibility index (Phi) is 5.69. The van der Waals surface area contributed by atoms with E-state index < -0.39 is 17.8 Å². The van der Waals surface area contributed by atoms with Crippen LogP contribution >= 0.6 is 11.3 Å². The highest BCUT2D eigenvalue weighted by molar-refractivity contribution is 7.16. The van der Waals surface area contributed by atoms with E-state index in [1.165, 1.54) is 23.7 Å². The van der Waals surface area contributed by atoms with Gasteiger partial charge in [-0.15, -0.1) is 11.3 Å². The third-order valence-corrected chi connectivity index (χ3v) is 4.24. The summed E-state index contributed by atoms with van der Waals surface area (Å²) in [7, 11) is 0. The van der Waals surface area contributed by atoms with Crippen LogP contribution in [0.15, 0.2) is 18.5 Å². The maximum Gasteiger partial charge on any atom is 0.341 e. The van der Waals surface area contributed by atoms with Crippen molar-refractivity contribution in [2.75, 3.05) is 11.9 Å². The van der Waals surface area contributed by atoms with Gasteiger partial charge in [0, 0.05) is 11.1 Å². The highest BCUT2D eigenvalue weighted by Crippen LogP contribution is 2.29. The molecule has 8 nitrogen and oxygen atoms in total. The lowest BCUT2D eigenvalue weighted by Gasteiger charge is -2.04. The number of nitrogens with zero attached hydrogens (tertiary/aromatic N) is 2. The number of carboxylic acids is 1. The number of carboxylic acid groups (broad SMARTS) is 1. The fourth-order valence-electron chi connectivity index (χ4n) is 1.95. The summed E-state index contributed by atoms with van der Waals surface area (Å²) in [5, 5.41) is 15.6. The number of rotatable bonds is 7. The molecule has 1 amide bonds. The molecule has 0 aliphatic heterocycles. The van der Waals surface area contributed by atoms with Crippen molar-refractivity contribution in [3.8, 4) is 0 Å². The van der Waals surface area contributed by atoms with Gasteiger partial charge in [-0.05, 0) is 19.4 Å². The molecule has 0 saturated carbocycles. The van der Waals surface area contributed by atoms with Crippen LogP contribution in [-0.2, 0) is 22.5 Å². The molecule has 2 aromatic rings. The lowest BCUT2D eigenvalue weighted by Crippen LogP contribution is -2.14. The number of anilines is 1. The topological polar surface area (TPSA) is 111 Å². The number of aryl methyl sites for hydroxylation is 1. The Morgan fingerprint density at radius 1 is 1.38 bits per heavy atom. The van der Waals surface area contributed by atoms with E-state index in [9.17, 15) is 14.4 Å². The van der Waals surface area contributed by atoms with Gasteiger partial charge in [0.15, 0.2) is 0 Å². The van der Waals surface area contributed by atoms with E-state index in [1.807, 2.05) is 6.92 Å². The van der Waals surface area contributed by atoms with Crippen LogP contribution in [0.2, 0.25) is 0 Å². The summed E-state index contributed by atoms with van der Waals surface area (Å²) in [5.74, 6) is -2.02. The standard InChI is InChI=1S/C15H17N3O5S/c1-3-10-5-11(15(22)23-4-2)14(24-10)17-13(21)9-6-16-18(7-9)8-12(19)20/h5-7H,3-4,8H2,1-2H3,(H,17,21)(H,19,20). The molecule has 0 unspecified atom stereocenters. The van der Waals surface area contributed by atoms with Crippen molar-refractivity contribution in [1.82, 2.24) is 9.78 Å². The first kappa shape index (κ1) is 17.7. The fraction of sp³-hybridized carbons (Fsp3) is 0.333. The molecule has 9 heteroatoms. The molecule has 0 aliphatic carbocycles. The minimum Gasteiger partial charge on any atom is -0.480 e. The maximum atomic E-state index is 12.3. The molecule has 24 heavy (non-hydrogen) atoms. The number of carbonyl (C=O) groups is 3. The molecule has 0 atom stereocenters. The normalized spacial score (nSPS) is 10.4. The van der Waals surface area contributed by atoms with Crippen LogP contribution in [0.1, 0.15) is 39.4 Å². The molecule has 2 N–H and O–H groups in total. The summed E-state index contributed by atoms with van der Waals surface area (Å²) in [6.07, 6.45) is 3.34. The van der Waals surface area contributed by atoms with E-state index in [-0.39, 0.29) is 18.7 Å². The zero-order valence-electron chi connectivity index (χ0n) is 13.2. The predicted molar refractivity (Wildman–Crippen MR) is 87.5 cm³/mol. The molecule has 0 aliphatic rings. The Balaban J connectivity index is 2.18. The first-order valence-corrected chi connectivity index (χ1v) is 8.11. The third-order valence-electron chi connectivity index (χ3n) is 3.05. The van der Waals surface area contributed by atoms with E-state index in [0.29, 0.717) is 10.6 Å². The first-order valence-electron chi connectivity index (χ1n) is 7.30. The lowest BCUT2D eigenvalue weighted by molar-refractivity contribution is -0.137. The van der Waals surface area contributed by atoms with Gasteiger partial charge in [0.25, 0.3) is 5.91 Å². The maximum absolute atomic E-state index is 12.3. The van der Waals surface area contributed by atoms with Crippen LogP contribution in [0.4, 0.5) is 5.00 Å². The van der Waals surface area contributed by atoms with Crippen molar-refractivity contribution in [3.63, 3.8) is 0 Å². The highest BCUT2D eigenvalue weighted by atomic mass is 32.1. The second kappa shape index (κ2) is 7.73. The molecule has 2 aromatic heterocycles. The van der Waals surface area contributed by atoms with E-state index in [0.717, 1.165) is 16.0 Å². The average Bonchev–Trinajstić information content (AvgIpc) is 3.13. The van der Waals surface area contributed by atoms with Crippen molar-refractivity contribution in [1.29, 1.82) is 0 Å². The molecular weight excluding hydrogens is 334 g/mol. The molecular formula is C15H17N3O5S. The van der Waals surface area contributed by atoms with E-state index in [1.54, 1.807) is 13.0 Å². The van der Waals surface area contributed by atoms with Gasteiger partial charge in [-0.25, -0.2) is 4.79 Å². The highest BCUT2D eigenvalue weighted by Gasteiger charge is 2.20. The summed E-state index contributed by atoms with van der Waals surface area (Å²) in [6, 6.07) is 1.70. The average molecular weight is 351 g/mol. The Hall–Kier alpha value is -2.68. The van der Waals surface area contributed by atoms with E-state index >= 15 is 0 Å². The number of esters is 1. The number of carbonyl (C=O) groups excluding carboxylic acids is 2. The van der Waals surface area contributed by atoms with Crippen molar-refractivity contribution in [2.45, 2.75) is 26.8 Å². The Labute approximate surface area is 142 Å². The van der Waals surface area contributed by atoms with Crippen LogP contribution in [0.5, 0.6) is 0 Å². The predicted octanol–water partition coefficient (Wildman–Crippen LogP) is 2.02. The monoisotopic (exact) mass is 351 g/mol. The van der Waals surface area contributed by atoms with E-state index in [4.69, 9.17) is 9.84 Å². The number of aromatic nitrogens is 2. The SMILES string of the molecule is CCOC(=O)c1cc(CC)sc1NC(=O)c1cnn(CC(=O)O)c1. The second-order valence-electron chi connectivity index (χ2n) is 4.80. The lowest BCUT2D eigenvalue weighted by atomic mass is 10.2. The minimum absolute atomic E-state index is 0.206. The molecule has 128 valence electrons. The Morgan fingerprint density at radius 3 is 2.75 bits per heavy atom. The summed E-state index contributed by atoms with van der Waals surface area (Å²) < 4.78 is 6.14. The largest absolute Gasteiger partial charge is 0.480 e. The summed E-state index contributed by atoms with van der Waals surface area (Å²) >= 11 is 1.30. The molecule has 0 fully saturated rings. The molecule has 0 saturated heterocycles. The third kappa shape index (κ3) is 4.19. The molecule has 0 spiro atoms. The zero-order valence-corrected chi connectivity index (χ0v) is 14.1. The quantitative estimate of drug-likeness (QED) is 0.738. The number of hydrogen-bond donors (Lipinski definition) is 2. The smallest absolute Gasteiger partial charge is 0.341 e. The summed E-state index contributed by atoms with van der Waals surface area (Å²) in [6.45, 7) is 3.56. The van der Waals surface area contributed by atoms with Crippen molar-refractivity contribution < 1.29 is 24.2 Å². The van der Waals surface area contributed by atoms with Crippen LogP contribution in [-0.4, -0.2) is 39.3 Å². The zero-order chi connectivity index (χ0) is 17.7. The Morgan fingerprint density at radius 2 is 2.12 bits per heavy atom. The molecule has 2 rings (SSSR count). The van der Waals surface area contributed by atoms with Gasteiger partial charge in [0.05, 0.1) is 23.9 Å². The number of amides is 1. The van der Waals surface area contributed by atoms with Gasteiger partial charge in [-0.2, -0.15) is 5.10 Å². The van der Waals surface area contributed by atoms with Gasteiger partial charge in [-0.1, -0.05) is 6.92 Å². The first-order chi connectivity index (χ1) is 11.4. The number of thiophene rings is 1. The minimum atomic E-state index is -1.06. The van der Waals surface area contributed by atoms with Crippen LogP contribution in [0.25, 0.3) is 0 Å². The van der Waals surface area contributed by atoms with Crippen LogP contribution in [0, 0.1) is 0 Å². The molecule has 0 bridgehead atoms. The van der Waals surface area contributed by atoms with Gasteiger partial charge < -0.3 is 15.2 Å². The van der Waals surface area contributed by atoms with Crippen molar-refractivity contribution >= 4 is 34.2 Å². The van der Waals surface area contributed by atoms with E-state index in [2.05, 4.69) is 10.4 Å². The second-order valence-corrected chi connectivity index (χ2v) is 5.94. The molecule has 0 aromatic carbocycles. The number of aliphatic carboxylic acids is 1. The number of nitrogens with one attached hydrogen (secondary N) is 1.